The lowest BCUT2D eigenvalue weighted by molar-refractivity contribution is -0.0476. The van der Waals surface area contributed by atoms with Crippen LogP contribution in [-0.4, -0.2) is 72.4 Å². The molecule has 0 heterocycles. The van der Waals surface area contributed by atoms with Gasteiger partial charge in [0.1, 0.15) is 11.5 Å². The molecule has 0 aliphatic carbocycles. The molecule has 0 fully saturated rings. The van der Waals surface area contributed by atoms with Crippen molar-refractivity contribution in [2.24, 2.45) is 0 Å². The molecule has 4 aromatic carbocycles. The molecule has 16 nitrogen and oxygen atoms in total. The Morgan fingerprint density at radius 1 is 0.413 bits per heavy atom. The summed E-state index contributed by atoms with van der Waals surface area (Å²) in [6.07, 6.45) is -2.08. The standard InChI is InChI=1S/C45H63N5O11Si2/c1-27(2)54-62(55-28(3)4,56-29(5)6)60-41-23-17-35(25-39(41)49-43(51)33-13-18-36(46)19-14-33)45(53)48-38-22-24-42(40(26-38)50-44(52)34-15-20-37(47)21-16-34)61-63(57-30(7)8,58-31(9)10)59-32(11)12/h13-32H,46-47H2,1-12H3,(H,48,53)(H,49,51)(H,50,52). The maximum absolute atomic E-state index is 14.1. The Bertz CT molecular complexity index is 2100. The number of rotatable bonds is 22. The fraction of sp³-hybridized carbons (Fsp3) is 0.400. The third kappa shape index (κ3) is 15.5. The lowest BCUT2D eigenvalue weighted by Gasteiger charge is -2.33. The van der Waals surface area contributed by atoms with Crippen LogP contribution in [0, 0.1) is 0 Å². The molecule has 4 aromatic rings. The number of nitrogen functional groups attached to an aromatic ring is 2. The Labute approximate surface area is 373 Å². The molecule has 3 amide bonds. The second-order valence-electron chi connectivity index (χ2n) is 16.2. The lowest BCUT2D eigenvalue weighted by Crippen LogP contribution is -2.56. The van der Waals surface area contributed by atoms with Crippen molar-refractivity contribution in [3.8, 4) is 11.5 Å². The number of hydrogen-bond donors (Lipinski definition) is 5. The second kappa shape index (κ2) is 22.3. The smallest absolute Gasteiger partial charge is 0.478 e. The van der Waals surface area contributed by atoms with Gasteiger partial charge in [0.2, 0.25) is 0 Å². The van der Waals surface area contributed by atoms with Gasteiger partial charge in [-0.3, -0.25) is 14.4 Å². The zero-order valence-electron chi connectivity index (χ0n) is 38.2. The molecule has 18 heteroatoms. The van der Waals surface area contributed by atoms with Gasteiger partial charge in [-0.1, -0.05) is 0 Å². The number of benzene rings is 4. The van der Waals surface area contributed by atoms with Crippen LogP contribution in [0.5, 0.6) is 11.5 Å². The van der Waals surface area contributed by atoms with Crippen LogP contribution in [-0.2, 0) is 26.6 Å². The van der Waals surface area contributed by atoms with Crippen LogP contribution in [0.25, 0.3) is 0 Å². The van der Waals surface area contributed by atoms with Crippen LogP contribution in [0.4, 0.5) is 28.4 Å². The number of nitrogens with two attached hydrogens (primary N) is 2. The summed E-state index contributed by atoms with van der Waals surface area (Å²) in [5, 5.41) is 8.66. The Morgan fingerprint density at radius 3 is 1.06 bits per heavy atom. The highest BCUT2D eigenvalue weighted by atomic mass is 28.4. The fourth-order valence-electron chi connectivity index (χ4n) is 5.83. The summed E-state index contributed by atoms with van der Waals surface area (Å²) in [5.74, 6) is -1.23. The molecule has 0 aliphatic rings. The van der Waals surface area contributed by atoms with Crippen LogP contribution < -0.4 is 36.3 Å². The minimum absolute atomic E-state index is 0.135. The number of hydrogen-bond acceptors (Lipinski definition) is 13. The van der Waals surface area contributed by atoms with E-state index in [-0.39, 0.29) is 70.7 Å². The molecule has 7 N–H and O–H groups in total. The third-order valence-electron chi connectivity index (χ3n) is 8.07. The van der Waals surface area contributed by atoms with E-state index in [4.69, 9.17) is 46.9 Å². The van der Waals surface area contributed by atoms with Crippen molar-refractivity contribution in [2.45, 2.75) is 120 Å². The normalized spacial score (nSPS) is 12.1. The zero-order chi connectivity index (χ0) is 46.6. The predicted molar refractivity (Wildman–Crippen MR) is 249 cm³/mol. The first-order valence-corrected chi connectivity index (χ1v) is 24.2. The van der Waals surface area contributed by atoms with E-state index in [9.17, 15) is 14.4 Å². The van der Waals surface area contributed by atoms with E-state index < -0.39 is 35.8 Å². The van der Waals surface area contributed by atoms with Gasteiger partial charge in [0.25, 0.3) is 17.7 Å². The summed E-state index contributed by atoms with van der Waals surface area (Å²) in [5.41, 5.74) is 14.1. The van der Waals surface area contributed by atoms with Crippen LogP contribution in [0.2, 0.25) is 0 Å². The molecule has 0 spiro atoms. The van der Waals surface area contributed by atoms with Crippen LogP contribution in [0.3, 0.4) is 0 Å². The van der Waals surface area contributed by atoms with Gasteiger partial charge in [0, 0.05) is 70.4 Å². The molecule has 0 atom stereocenters. The Hall–Kier alpha value is -5.32. The number of nitrogens with one attached hydrogen (secondary N) is 3. The quantitative estimate of drug-likeness (QED) is 0.0369. The molecule has 0 aliphatic heterocycles. The Balaban J connectivity index is 1.79. The van der Waals surface area contributed by atoms with E-state index in [1.807, 2.05) is 83.1 Å². The summed E-state index contributed by atoms with van der Waals surface area (Å²) in [4.78, 5) is 41.4. The minimum atomic E-state index is -3.94. The van der Waals surface area contributed by atoms with Gasteiger partial charge in [-0.25, -0.2) is 0 Å². The first kappa shape index (κ1) is 50.3. The first-order chi connectivity index (χ1) is 29.6. The van der Waals surface area contributed by atoms with Crippen molar-refractivity contribution in [2.75, 3.05) is 27.4 Å². The SMILES string of the molecule is CC(C)O[Si](Oc1ccc(NC(=O)c2ccc(O[Si](OC(C)C)(OC(C)C)OC(C)C)c(NC(=O)c3ccc(N)cc3)c2)cc1NC(=O)c1ccc(N)cc1)(OC(C)C)OC(C)C. The van der Waals surface area contributed by atoms with E-state index in [1.54, 1.807) is 66.7 Å². The minimum Gasteiger partial charge on any atom is -0.478 e. The number of carbonyl (C=O) groups excluding carboxylic acids is 3. The molecular weight excluding hydrogens is 843 g/mol. The summed E-state index contributed by atoms with van der Waals surface area (Å²) < 4.78 is 50.5. The number of amides is 3. The molecule has 342 valence electrons. The van der Waals surface area contributed by atoms with Crippen molar-refractivity contribution >= 4 is 64.3 Å². The fourth-order valence-corrected chi connectivity index (χ4v) is 10.8. The maximum atomic E-state index is 14.1. The van der Waals surface area contributed by atoms with Crippen LogP contribution >= 0.6 is 0 Å². The van der Waals surface area contributed by atoms with Crippen molar-refractivity contribution in [3.05, 3.63) is 102 Å². The van der Waals surface area contributed by atoms with Crippen molar-refractivity contribution in [3.63, 3.8) is 0 Å². The van der Waals surface area contributed by atoms with Crippen molar-refractivity contribution in [1.82, 2.24) is 0 Å². The van der Waals surface area contributed by atoms with Gasteiger partial charge in [0.05, 0.1) is 11.4 Å². The zero-order valence-corrected chi connectivity index (χ0v) is 40.2. The largest absolute Gasteiger partial charge is 0.750 e. The molecule has 63 heavy (non-hydrogen) atoms. The number of carbonyl (C=O) groups is 3. The number of anilines is 5. The maximum Gasteiger partial charge on any atom is 0.750 e. The van der Waals surface area contributed by atoms with E-state index in [0.717, 1.165) is 0 Å². The van der Waals surface area contributed by atoms with Crippen LogP contribution in [0.1, 0.15) is 114 Å². The van der Waals surface area contributed by atoms with Gasteiger partial charge >= 0.3 is 18.1 Å². The van der Waals surface area contributed by atoms with Gasteiger partial charge in [-0.15, -0.1) is 0 Å². The summed E-state index contributed by atoms with van der Waals surface area (Å²) >= 11 is 0. The topological polar surface area (TPSA) is 213 Å². The summed E-state index contributed by atoms with van der Waals surface area (Å²) in [7, 11) is -7.87. The van der Waals surface area contributed by atoms with Gasteiger partial charge in [-0.05, 0) is 168 Å². The molecule has 0 aromatic heterocycles. The molecule has 0 saturated heterocycles. The molecule has 0 saturated carbocycles. The van der Waals surface area contributed by atoms with Crippen molar-refractivity contribution in [1.29, 1.82) is 0 Å². The molecule has 0 unspecified atom stereocenters. The highest BCUT2D eigenvalue weighted by Gasteiger charge is 2.53. The lowest BCUT2D eigenvalue weighted by atomic mass is 10.1. The second-order valence-corrected chi connectivity index (χ2v) is 20.1. The molecular formula is C45H63N5O11Si2. The van der Waals surface area contributed by atoms with Gasteiger partial charge < -0.3 is 62.8 Å². The third-order valence-corrected chi connectivity index (χ3v) is 13.6. The average molecular weight is 906 g/mol. The van der Waals surface area contributed by atoms with E-state index in [2.05, 4.69) is 16.0 Å². The summed E-state index contributed by atoms with van der Waals surface area (Å²) in [6.45, 7) is 22.0. The molecule has 4 rings (SSSR count). The molecule has 0 radical (unpaired) electrons. The van der Waals surface area contributed by atoms with Gasteiger partial charge in [0.15, 0.2) is 0 Å². The van der Waals surface area contributed by atoms with E-state index in [1.165, 1.54) is 18.2 Å². The Kier molecular flexibility index (Phi) is 17.9. The Morgan fingerprint density at radius 2 is 0.714 bits per heavy atom. The van der Waals surface area contributed by atoms with E-state index in [0.29, 0.717) is 22.5 Å². The monoisotopic (exact) mass is 905 g/mol. The van der Waals surface area contributed by atoms with E-state index >= 15 is 0 Å². The predicted octanol–water partition coefficient (Wildman–Crippen LogP) is 8.79. The highest BCUT2D eigenvalue weighted by Crippen LogP contribution is 2.35. The van der Waals surface area contributed by atoms with Crippen molar-refractivity contribution < 1.29 is 49.8 Å². The van der Waals surface area contributed by atoms with Crippen LogP contribution in [0.15, 0.2) is 84.9 Å². The van der Waals surface area contributed by atoms with Gasteiger partial charge in [-0.2, -0.15) is 0 Å². The summed E-state index contributed by atoms with van der Waals surface area (Å²) in [6, 6.07) is 22.0. The first-order valence-electron chi connectivity index (χ1n) is 20.9. The molecule has 0 bridgehead atoms. The average Bonchev–Trinajstić information content (AvgIpc) is 3.15. The highest BCUT2D eigenvalue weighted by molar-refractivity contribution is 6.55.